The molecule has 110 valence electrons. The molecule has 0 spiro atoms. The van der Waals surface area contributed by atoms with Gasteiger partial charge in [0.2, 0.25) is 5.91 Å². The van der Waals surface area contributed by atoms with Crippen molar-refractivity contribution in [2.75, 3.05) is 19.0 Å². The quantitative estimate of drug-likeness (QED) is 0.742. The Labute approximate surface area is 119 Å². The van der Waals surface area contributed by atoms with Crippen LogP contribution in [0.3, 0.4) is 0 Å². The SMILES string of the molecule is Cc1cc(CNC(=O)[C@H](C)NC(N)=O)ccc1N(C)C. The first kappa shape index (κ1) is 15.8. The lowest BCUT2D eigenvalue weighted by Gasteiger charge is -2.17. The number of urea groups is 1. The van der Waals surface area contributed by atoms with E-state index in [0.717, 1.165) is 16.8 Å². The van der Waals surface area contributed by atoms with Crippen molar-refractivity contribution in [1.29, 1.82) is 0 Å². The van der Waals surface area contributed by atoms with Crippen molar-refractivity contribution in [3.8, 4) is 0 Å². The number of anilines is 1. The second-order valence-corrected chi connectivity index (χ2v) is 4.96. The number of amides is 3. The van der Waals surface area contributed by atoms with Gasteiger partial charge in [-0.3, -0.25) is 4.79 Å². The number of nitrogens with zero attached hydrogens (tertiary/aromatic N) is 1. The van der Waals surface area contributed by atoms with Gasteiger partial charge in [-0.25, -0.2) is 4.79 Å². The molecule has 1 aromatic rings. The van der Waals surface area contributed by atoms with Crippen molar-refractivity contribution >= 4 is 17.6 Å². The van der Waals surface area contributed by atoms with Crippen molar-refractivity contribution in [3.05, 3.63) is 29.3 Å². The monoisotopic (exact) mass is 278 g/mol. The molecule has 0 heterocycles. The van der Waals surface area contributed by atoms with Crippen LogP contribution < -0.4 is 21.3 Å². The van der Waals surface area contributed by atoms with E-state index in [1.54, 1.807) is 6.92 Å². The van der Waals surface area contributed by atoms with Crippen LogP contribution >= 0.6 is 0 Å². The third kappa shape index (κ3) is 4.46. The zero-order chi connectivity index (χ0) is 15.3. The predicted molar refractivity (Wildman–Crippen MR) is 79.5 cm³/mol. The van der Waals surface area contributed by atoms with Gasteiger partial charge < -0.3 is 21.3 Å². The van der Waals surface area contributed by atoms with Gasteiger partial charge in [0.15, 0.2) is 0 Å². The number of nitrogens with one attached hydrogen (secondary N) is 2. The van der Waals surface area contributed by atoms with Gasteiger partial charge in [0.1, 0.15) is 6.04 Å². The van der Waals surface area contributed by atoms with Crippen LogP contribution in [0, 0.1) is 6.92 Å². The Morgan fingerprint density at radius 1 is 1.35 bits per heavy atom. The standard InChI is InChI=1S/C14H22N4O2/c1-9-7-11(5-6-12(9)18(3)4)8-16-13(19)10(2)17-14(15)20/h5-7,10H,8H2,1-4H3,(H,16,19)(H3,15,17,20)/t10-/m0/s1. The van der Waals surface area contributed by atoms with E-state index >= 15 is 0 Å². The molecule has 0 saturated heterocycles. The Morgan fingerprint density at radius 3 is 2.50 bits per heavy atom. The van der Waals surface area contributed by atoms with Crippen molar-refractivity contribution in [1.82, 2.24) is 10.6 Å². The van der Waals surface area contributed by atoms with Gasteiger partial charge in [-0.2, -0.15) is 0 Å². The van der Waals surface area contributed by atoms with Crippen molar-refractivity contribution in [2.24, 2.45) is 5.73 Å². The van der Waals surface area contributed by atoms with Crippen molar-refractivity contribution in [3.63, 3.8) is 0 Å². The molecule has 0 fully saturated rings. The van der Waals surface area contributed by atoms with Gasteiger partial charge in [-0.05, 0) is 31.0 Å². The van der Waals surface area contributed by atoms with Crippen LogP contribution in [-0.2, 0) is 11.3 Å². The number of primary amides is 1. The normalized spacial score (nSPS) is 11.6. The maximum Gasteiger partial charge on any atom is 0.312 e. The zero-order valence-electron chi connectivity index (χ0n) is 12.4. The van der Waals surface area contributed by atoms with E-state index in [-0.39, 0.29) is 5.91 Å². The van der Waals surface area contributed by atoms with Gasteiger partial charge >= 0.3 is 6.03 Å². The fourth-order valence-electron chi connectivity index (χ4n) is 1.95. The first-order chi connectivity index (χ1) is 9.31. The Balaban J connectivity index is 2.60. The van der Waals surface area contributed by atoms with Gasteiger partial charge in [0, 0.05) is 26.3 Å². The number of carbonyl (C=O) groups excluding carboxylic acids is 2. The Morgan fingerprint density at radius 2 is 2.00 bits per heavy atom. The van der Waals surface area contributed by atoms with E-state index in [1.807, 2.05) is 44.1 Å². The molecule has 0 saturated carbocycles. The Hall–Kier alpha value is -2.24. The molecule has 0 aromatic heterocycles. The van der Waals surface area contributed by atoms with Crippen LogP contribution in [0.25, 0.3) is 0 Å². The largest absolute Gasteiger partial charge is 0.377 e. The molecule has 0 bridgehead atoms. The minimum atomic E-state index is -0.709. The lowest BCUT2D eigenvalue weighted by Crippen LogP contribution is -2.46. The second kappa shape index (κ2) is 6.79. The maximum atomic E-state index is 11.7. The number of carbonyl (C=O) groups is 2. The van der Waals surface area contributed by atoms with Gasteiger partial charge in [-0.1, -0.05) is 12.1 Å². The fourth-order valence-corrected chi connectivity index (χ4v) is 1.95. The van der Waals surface area contributed by atoms with Crippen LogP contribution in [0.2, 0.25) is 0 Å². The highest BCUT2D eigenvalue weighted by Gasteiger charge is 2.13. The lowest BCUT2D eigenvalue weighted by atomic mass is 10.1. The van der Waals surface area contributed by atoms with Gasteiger partial charge in [0.05, 0.1) is 0 Å². The fraction of sp³-hybridized carbons (Fsp3) is 0.429. The molecule has 0 unspecified atom stereocenters. The number of hydrogen-bond acceptors (Lipinski definition) is 3. The summed E-state index contributed by atoms with van der Waals surface area (Å²) in [6.45, 7) is 4.02. The molecule has 6 nitrogen and oxygen atoms in total. The van der Waals surface area contributed by atoms with Crippen LogP contribution in [0.4, 0.5) is 10.5 Å². The summed E-state index contributed by atoms with van der Waals surface area (Å²) in [5, 5.41) is 5.09. The van der Waals surface area contributed by atoms with Gasteiger partial charge in [0.25, 0.3) is 0 Å². The third-order valence-electron chi connectivity index (χ3n) is 2.96. The molecule has 1 atom stereocenters. The van der Waals surface area contributed by atoms with Crippen LogP contribution in [0.15, 0.2) is 18.2 Å². The minimum absolute atomic E-state index is 0.266. The summed E-state index contributed by atoms with van der Waals surface area (Å²) in [5.74, 6) is -0.266. The summed E-state index contributed by atoms with van der Waals surface area (Å²) in [7, 11) is 3.97. The van der Waals surface area contributed by atoms with Gasteiger partial charge in [-0.15, -0.1) is 0 Å². The maximum absolute atomic E-state index is 11.7. The summed E-state index contributed by atoms with van der Waals surface area (Å²) < 4.78 is 0. The van der Waals surface area contributed by atoms with Crippen LogP contribution in [-0.4, -0.2) is 32.1 Å². The number of nitrogens with two attached hydrogens (primary N) is 1. The molecule has 0 aliphatic rings. The summed E-state index contributed by atoms with van der Waals surface area (Å²) in [4.78, 5) is 24.4. The highest BCUT2D eigenvalue weighted by atomic mass is 16.2. The van der Waals surface area contributed by atoms with E-state index in [0.29, 0.717) is 6.54 Å². The molecule has 0 aliphatic carbocycles. The molecule has 0 aliphatic heterocycles. The highest BCUT2D eigenvalue weighted by molar-refractivity contribution is 5.86. The van der Waals surface area contributed by atoms with E-state index in [4.69, 9.17) is 5.73 Å². The molecule has 1 aromatic carbocycles. The summed E-state index contributed by atoms with van der Waals surface area (Å²) in [5.41, 5.74) is 8.26. The number of hydrogen-bond donors (Lipinski definition) is 3. The Bertz CT molecular complexity index is 500. The highest BCUT2D eigenvalue weighted by Crippen LogP contribution is 2.18. The number of aryl methyl sites for hydroxylation is 1. The Kier molecular flexibility index (Phi) is 5.37. The van der Waals surface area contributed by atoms with E-state index in [2.05, 4.69) is 10.6 Å². The summed E-state index contributed by atoms with van der Waals surface area (Å²) in [6.07, 6.45) is 0. The van der Waals surface area contributed by atoms with E-state index < -0.39 is 12.1 Å². The van der Waals surface area contributed by atoms with Crippen molar-refractivity contribution < 1.29 is 9.59 Å². The smallest absolute Gasteiger partial charge is 0.312 e. The first-order valence-electron chi connectivity index (χ1n) is 6.41. The molecule has 4 N–H and O–H groups in total. The zero-order valence-corrected chi connectivity index (χ0v) is 12.4. The van der Waals surface area contributed by atoms with Crippen molar-refractivity contribution in [2.45, 2.75) is 26.4 Å². The van der Waals surface area contributed by atoms with Crippen LogP contribution in [0.5, 0.6) is 0 Å². The number of benzene rings is 1. The first-order valence-corrected chi connectivity index (χ1v) is 6.41. The molecule has 1 rings (SSSR count). The van der Waals surface area contributed by atoms with Crippen LogP contribution in [0.1, 0.15) is 18.1 Å². The molecule has 20 heavy (non-hydrogen) atoms. The number of rotatable bonds is 5. The molecular weight excluding hydrogens is 256 g/mol. The third-order valence-corrected chi connectivity index (χ3v) is 2.96. The molecule has 3 amide bonds. The topological polar surface area (TPSA) is 87.5 Å². The van der Waals surface area contributed by atoms with E-state index in [9.17, 15) is 9.59 Å². The average molecular weight is 278 g/mol. The molecule has 6 heteroatoms. The van der Waals surface area contributed by atoms with E-state index in [1.165, 1.54) is 0 Å². The lowest BCUT2D eigenvalue weighted by molar-refractivity contribution is -0.122. The average Bonchev–Trinajstić information content (AvgIpc) is 2.34. The predicted octanol–water partition coefficient (Wildman–Crippen LogP) is 0.734. The minimum Gasteiger partial charge on any atom is -0.377 e. The second-order valence-electron chi connectivity index (χ2n) is 4.96. The molecular formula is C14H22N4O2. The summed E-state index contributed by atoms with van der Waals surface area (Å²) >= 11 is 0. The molecule has 0 radical (unpaired) electrons. The summed E-state index contributed by atoms with van der Waals surface area (Å²) in [6, 6.07) is 4.66.